The number of hydrogen-bond donors (Lipinski definition) is 1. The molecule has 0 bridgehead atoms. The van der Waals surface area contributed by atoms with Crippen LogP contribution in [0.5, 0.6) is 5.75 Å². The molecule has 1 aliphatic rings. The van der Waals surface area contributed by atoms with Gasteiger partial charge < -0.3 is 14.6 Å². The zero-order valence-corrected chi connectivity index (χ0v) is 22.7. The maximum Gasteiger partial charge on any atom is 0.318 e. The lowest BCUT2D eigenvalue weighted by atomic mass is 9.69. The van der Waals surface area contributed by atoms with Crippen molar-refractivity contribution in [2.24, 2.45) is 0 Å². The standard InChI is InChI=1S/C33H39NO4/c1-4-22-37-29-17-11-12-26(23-29)25-38-30-18-21-34(24-30)32(2,3)19-20-33(31(35)36,27-13-7-5-8-14-27)28-15-9-6-10-16-28/h4-17,22-23,30H,18-21,24-25H2,1-3H3,(H,35,36)/t30-/m1/s1. The highest BCUT2D eigenvalue weighted by Crippen LogP contribution is 2.40. The minimum Gasteiger partial charge on any atom is -0.480 e. The van der Waals surface area contributed by atoms with Crippen molar-refractivity contribution >= 4 is 5.97 Å². The molecule has 4 rings (SSSR count). The summed E-state index contributed by atoms with van der Waals surface area (Å²) < 4.78 is 11.9. The first-order valence-corrected chi connectivity index (χ1v) is 13.4. The van der Waals surface area contributed by atoms with Crippen molar-refractivity contribution in [2.45, 2.75) is 63.7 Å². The van der Waals surface area contributed by atoms with Gasteiger partial charge in [0, 0.05) is 18.6 Å². The Kier molecular flexibility index (Phi) is 9.03. The Labute approximate surface area is 226 Å². The number of rotatable bonds is 12. The van der Waals surface area contributed by atoms with E-state index in [1.165, 1.54) is 0 Å². The first-order chi connectivity index (χ1) is 18.3. The molecule has 0 saturated carbocycles. The van der Waals surface area contributed by atoms with Crippen LogP contribution in [0.3, 0.4) is 0 Å². The summed E-state index contributed by atoms with van der Waals surface area (Å²) in [5, 5.41) is 10.6. The Balaban J connectivity index is 1.43. The van der Waals surface area contributed by atoms with Crippen molar-refractivity contribution in [3.8, 4) is 5.75 Å². The molecular weight excluding hydrogens is 474 g/mol. The van der Waals surface area contributed by atoms with Gasteiger partial charge in [0.1, 0.15) is 11.2 Å². The summed E-state index contributed by atoms with van der Waals surface area (Å²) in [4.78, 5) is 15.4. The Morgan fingerprint density at radius 1 is 0.974 bits per heavy atom. The summed E-state index contributed by atoms with van der Waals surface area (Å²) in [5.74, 6) is -0.00824. The van der Waals surface area contributed by atoms with E-state index in [1.807, 2.05) is 91.9 Å². The Bertz CT molecular complexity index is 1170. The lowest BCUT2D eigenvalue weighted by molar-refractivity contribution is -0.142. The molecule has 1 fully saturated rings. The number of hydrogen-bond acceptors (Lipinski definition) is 4. The Hall–Kier alpha value is -3.41. The van der Waals surface area contributed by atoms with E-state index in [1.54, 1.807) is 6.26 Å². The minimum atomic E-state index is -1.10. The highest BCUT2D eigenvalue weighted by Gasteiger charge is 2.44. The topological polar surface area (TPSA) is 59.0 Å². The van der Waals surface area contributed by atoms with Crippen molar-refractivity contribution < 1.29 is 19.4 Å². The van der Waals surface area contributed by atoms with Gasteiger partial charge in [-0.1, -0.05) is 78.9 Å². The minimum absolute atomic E-state index is 0.141. The third kappa shape index (κ3) is 6.35. The van der Waals surface area contributed by atoms with E-state index in [4.69, 9.17) is 9.47 Å². The zero-order valence-electron chi connectivity index (χ0n) is 22.7. The van der Waals surface area contributed by atoms with Crippen molar-refractivity contribution in [2.75, 3.05) is 13.1 Å². The molecule has 0 amide bonds. The molecule has 3 aromatic carbocycles. The second-order valence-corrected chi connectivity index (χ2v) is 10.7. The normalized spacial score (nSPS) is 16.7. The molecular formula is C33H39NO4. The van der Waals surface area contributed by atoms with Gasteiger partial charge in [-0.2, -0.15) is 0 Å². The van der Waals surface area contributed by atoms with Gasteiger partial charge in [0.2, 0.25) is 0 Å². The van der Waals surface area contributed by atoms with Gasteiger partial charge in [0.05, 0.1) is 19.0 Å². The van der Waals surface area contributed by atoms with E-state index in [-0.39, 0.29) is 11.6 Å². The van der Waals surface area contributed by atoms with E-state index in [2.05, 4.69) is 24.8 Å². The average molecular weight is 514 g/mol. The molecule has 1 saturated heterocycles. The second-order valence-electron chi connectivity index (χ2n) is 10.7. The quantitative estimate of drug-likeness (QED) is 0.269. The summed E-state index contributed by atoms with van der Waals surface area (Å²) in [5.41, 5.74) is 1.44. The number of aliphatic carboxylic acids is 1. The van der Waals surface area contributed by atoms with Crippen molar-refractivity contribution in [3.05, 3.63) is 114 Å². The van der Waals surface area contributed by atoms with Crippen LogP contribution in [0.25, 0.3) is 0 Å². The van der Waals surface area contributed by atoms with Crippen molar-refractivity contribution in [3.63, 3.8) is 0 Å². The number of nitrogens with zero attached hydrogens (tertiary/aromatic N) is 1. The molecule has 38 heavy (non-hydrogen) atoms. The van der Waals surface area contributed by atoms with Crippen LogP contribution in [-0.4, -0.2) is 40.7 Å². The smallest absolute Gasteiger partial charge is 0.318 e. The van der Waals surface area contributed by atoms with E-state index in [0.717, 1.165) is 48.4 Å². The predicted octanol–water partition coefficient (Wildman–Crippen LogP) is 6.82. The van der Waals surface area contributed by atoms with Gasteiger partial charge in [-0.3, -0.25) is 9.69 Å². The molecule has 5 nitrogen and oxygen atoms in total. The molecule has 1 heterocycles. The fourth-order valence-corrected chi connectivity index (χ4v) is 5.39. The van der Waals surface area contributed by atoms with Crippen molar-refractivity contribution in [1.82, 2.24) is 4.90 Å². The molecule has 0 radical (unpaired) electrons. The summed E-state index contributed by atoms with van der Waals surface area (Å²) in [6.07, 6.45) is 5.87. The summed E-state index contributed by atoms with van der Waals surface area (Å²) >= 11 is 0. The highest BCUT2D eigenvalue weighted by molar-refractivity contribution is 5.86. The number of allylic oxidation sites excluding steroid dienone is 1. The molecule has 1 N–H and O–H groups in total. The fraction of sp³-hybridized carbons (Fsp3) is 0.364. The fourth-order valence-electron chi connectivity index (χ4n) is 5.39. The zero-order chi connectivity index (χ0) is 27.0. The number of carboxylic acids is 1. The average Bonchev–Trinajstić information content (AvgIpc) is 3.43. The van der Waals surface area contributed by atoms with E-state index < -0.39 is 11.4 Å². The van der Waals surface area contributed by atoms with Crippen LogP contribution in [0.15, 0.2) is 97.3 Å². The summed E-state index contributed by atoms with van der Waals surface area (Å²) in [6.45, 7) is 8.67. The van der Waals surface area contributed by atoms with Crippen LogP contribution >= 0.6 is 0 Å². The largest absolute Gasteiger partial charge is 0.480 e. The number of ether oxygens (including phenoxy) is 2. The first-order valence-electron chi connectivity index (χ1n) is 13.4. The lowest BCUT2D eigenvalue weighted by Crippen LogP contribution is -2.46. The highest BCUT2D eigenvalue weighted by atomic mass is 16.5. The monoisotopic (exact) mass is 513 g/mol. The third-order valence-electron chi connectivity index (χ3n) is 7.74. The number of carboxylic acid groups (broad SMARTS) is 1. The molecule has 0 spiro atoms. The molecule has 3 aromatic rings. The van der Waals surface area contributed by atoms with Gasteiger partial charge in [0.25, 0.3) is 0 Å². The van der Waals surface area contributed by atoms with E-state index >= 15 is 0 Å². The van der Waals surface area contributed by atoms with Crippen LogP contribution in [0.2, 0.25) is 0 Å². The van der Waals surface area contributed by atoms with Gasteiger partial charge in [-0.15, -0.1) is 0 Å². The van der Waals surface area contributed by atoms with Gasteiger partial charge in [0.15, 0.2) is 0 Å². The first kappa shape index (κ1) is 27.6. The SMILES string of the molecule is CC=COc1cccc(CO[C@@H]2CCN(C(C)(C)CCC(C(=O)O)(c3ccccc3)c3ccccc3)C2)c1. The van der Waals surface area contributed by atoms with Crippen molar-refractivity contribution in [1.29, 1.82) is 0 Å². The predicted molar refractivity (Wildman–Crippen MR) is 151 cm³/mol. The Morgan fingerprint density at radius 3 is 2.24 bits per heavy atom. The third-order valence-corrected chi connectivity index (χ3v) is 7.74. The van der Waals surface area contributed by atoms with Gasteiger partial charge in [-0.05, 0) is 68.9 Å². The van der Waals surface area contributed by atoms with Gasteiger partial charge in [-0.25, -0.2) is 0 Å². The molecule has 0 aromatic heterocycles. The number of carbonyl (C=O) groups is 1. The number of likely N-dealkylation sites (tertiary alicyclic amines) is 1. The molecule has 0 aliphatic carbocycles. The summed E-state index contributed by atoms with van der Waals surface area (Å²) in [7, 11) is 0. The van der Waals surface area contributed by atoms with Gasteiger partial charge >= 0.3 is 5.97 Å². The van der Waals surface area contributed by atoms with Crippen LogP contribution < -0.4 is 4.74 Å². The van der Waals surface area contributed by atoms with E-state index in [9.17, 15) is 9.90 Å². The van der Waals surface area contributed by atoms with Crippen LogP contribution in [-0.2, 0) is 21.6 Å². The second kappa shape index (κ2) is 12.4. The van der Waals surface area contributed by atoms with Crippen LogP contribution in [0.1, 0.15) is 56.7 Å². The maximum absolute atomic E-state index is 13.0. The van der Waals surface area contributed by atoms with Crippen LogP contribution in [0.4, 0.5) is 0 Å². The Morgan fingerprint density at radius 2 is 1.63 bits per heavy atom. The maximum atomic E-state index is 13.0. The van der Waals surface area contributed by atoms with Crippen LogP contribution in [0, 0.1) is 0 Å². The summed E-state index contributed by atoms with van der Waals surface area (Å²) in [6, 6.07) is 27.3. The molecule has 1 atom stereocenters. The van der Waals surface area contributed by atoms with E-state index in [0.29, 0.717) is 13.0 Å². The molecule has 5 heteroatoms. The lowest BCUT2D eigenvalue weighted by Gasteiger charge is -2.39. The number of benzene rings is 3. The molecule has 200 valence electrons. The molecule has 0 unspecified atom stereocenters. The molecule has 1 aliphatic heterocycles.